The highest BCUT2D eigenvalue weighted by Crippen LogP contribution is 2.33. The maximum Gasteiger partial charge on any atom is 0.413 e. The normalized spacial score (nSPS) is 23.4. The van der Waals surface area contributed by atoms with Crippen molar-refractivity contribution in [1.82, 2.24) is 9.55 Å². The van der Waals surface area contributed by atoms with Gasteiger partial charge < -0.3 is 19.7 Å². The van der Waals surface area contributed by atoms with Crippen LogP contribution in [0.25, 0.3) is 0 Å². The van der Waals surface area contributed by atoms with Crippen molar-refractivity contribution < 1.29 is 24.5 Å². The summed E-state index contributed by atoms with van der Waals surface area (Å²) in [7, 11) is 0. The van der Waals surface area contributed by atoms with Gasteiger partial charge in [0.1, 0.15) is 30.6 Å². The molecule has 1 amide bonds. The molecule has 4 atom stereocenters. The summed E-state index contributed by atoms with van der Waals surface area (Å²) in [5.74, 6) is -1.06. The molecule has 1 fully saturated rings. The van der Waals surface area contributed by atoms with E-state index in [0.717, 1.165) is 17.4 Å². The van der Waals surface area contributed by atoms with Crippen LogP contribution in [0.2, 0.25) is 0 Å². The fourth-order valence-electron chi connectivity index (χ4n) is 3.09. The van der Waals surface area contributed by atoms with Crippen LogP contribution in [-0.2, 0) is 9.47 Å². The number of carbonyl (C=O) groups is 1. The van der Waals surface area contributed by atoms with Gasteiger partial charge in [-0.3, -0.25) is 9.88 Å². The quantitative estimate of drug-likeness (QED) is 0.383. The summed E-state index contributed by atoms with van der Waals surface area (Å²) >= 11 is 0. The number of nitrogens with one attached hydrogen (secondary N) is 1. The molecule has 1 aromatic rings. The Morgan fingerprint density at radius 2 is 2.23 bits per heavy atom. The van der Waals surface area contributed by atoms with E-state index in [-0.39, 0.29) is 12.4 Å². The van der Waals surface area contributed by atoms with Crippen LogP contribution in [0.15, 0.2) is 29.2 Å². The number of aliphatic hydroxyl groups excluding tert-OH is 2. The van der Waals surface area contributed by atoms with Crippen molar-refractivity contribution in [3.05, 3.63) is 34.9 Å². The molecule has 164 valence electrons. The van der Waals surface area contributed by atoms with Gasteiger partial charge in [-0.25, -0.2) is 9.59 Å². The molecular weight excluding hydrogens is 392 g/mol. The Morgan fingerprint density at radius 1 is 1.43 bits per heavy atom. The van der Waals surface area contributed by atoms with Gasteiger partial charge in [-0.15, -0.1) is 0 Å². The number of allylic oxidation sites excluding steroid dienone is 1. The third kappa shape index (κ3) is 6.38. The summed E-state index contributed by atoms with van der Waals surface area (Å²) in [6, 6.07) is 3.23. The second kappa shape index (κ2) is 12.1. The van der Waals surface area contributed by atoms with E-state index in [1.165, 1.54) is 31.5 Å². The van der Waals surface area contributed by atoms with Crippen molar-refractivity contribution in [3.63, 3.8) is 0 Å². The SMILES string of the molecule is CCCCCCC=CCOC(=O)Nc1ccn([C@@H]2O[C@H](CO)[C@@H](O)[C@@H]2C#N)c(=O)n1. The second-order valence-corrected chi connectivity index (χ2v) is 6.94. The van der Waals surface area contributed by atoms with Gasteiger partial charge in [0.15, 0.2) is 6.23 Å². The summed E-state index contributed by atoms with van der Waals surface area (Å²) < 4.78 is 11.4. The number of hydrogen-bond donors (Lipinski definition) is 3. The monoisotopic (exact) mass is 420 g/mol. The number of aliphatic hydroxyl groups is 2. The molecule has 30 heavy (non-hydrogen) atoms. The zero-order valence-electron chi connectivity index (χ0n) is 16.9. The summed E-state index contributed by atoms with van der Waals surface area (Å²) in [6.45, 7) is 1.77. The lowest BCUT2D eigenvalue weighted by atomic mass is 10.0. The number of nitrogens with zero attached hydrogens (tertiary/aromatic N) is 3. The molecule has 1 aromatic heterocycles. The Bertz CT molecular complexity index is 818. The Kier molecular flexibility index (Phi) is 9.47. The lowest BCUT2D eigenvalue weighted by molar-refractivity contribution is -0.0469. The lowest BCUT2D eigenvalue weighted by Crippen LogP contribution is -2.32. The van der Waals surface area contributed by atoms with E-state index in [1.807, 2.05) is 12.1 Å². The minimum atomic E-state index is -1.23. The van der Waals surface area contributed by atoms with Gasteiger partial charge in [0, 0.05) is 6.20 Å². The van der Waals surface area contributed by atoms with Crippen LogP contribution in [0.5, 0.6) is 0 Å². The highest BCUT2D eigenvalue weighted by atomic mass is 16.6. The first kappa shape index (κ1) is 23.5. The van der Waals surface area contributed by atoms with Gasteiger partial charge in [0.2, 0.25) is 0 Å². The zero-order chi connectivity index (χ0) is 21.9. The minimum absolute atomic E-state index is 0.0180. The molecule has 10 nitrogen and oxygen atoms in total. The molecule has 0 unspecified atom stereocenters. The Balaban J connectivity index is 1.87. The van der Waals surface area contributed by atoms with E-state index >= 15 is 0 Å². The predicted molar refractivity (Wildman–Crippen MR) is 107 cm³/mol. The molecule has 0 bridgehead atoms. The molecule has 3 N–H and O–H groups in total. The van der Waals surface area contributed by atoms with Gasteiger partial charge in [-0.05, 0) is 18.9 Å². The molecule has 1 saturated heterocycles. The average molecular weight is 420 g/mol. The molecule has 0 aliphatic carbocycles. The van der Waals surface area contributed by atoms with Crippen LogP contribution >= 0.6 is 0 Å². The van der Waals surface area contributed by atoms with Crippen LogP contribution in [0.4, 0.5) is 10.6 Å². The first-order valence-corrected chi connectivity index (χ1v) is 10.0. The molecule has 2 rings (SSSR count). The third-order valence-corrected chi connectivity index (χ3v) is 4.74. The van der Waals surface area contributed by atoms with E-state index in [2.05, 4.69) is 17.2 Å². The van der Waals surface area contributed by atoms with E-state index in [0.29, 0.717) is 0 Å². The van der Waals surface area contributed by atoms with E-state index in [4.69, 9.17) is 9.47 Å². The summed E-state index contributed by atoms with van der Waals surface area (Å²) in [4.78, 5) is 27.8. The summed E-state index contributed by atoms with van der Waals surface area (Å²) in [5.41, 5.74) is -0.782. The molecule has 0 spiro atoms. The number of amides is 1. The van der Waals surface area contributed by atoms with Gasteiger partial charge in [-0.1, -0.05) is 38.3 Å². The standard InChI is InChI=1S/C20H28N4O6/c1-2-3-4-5-6-7-8-11-29-20(28)23-16-9-10-24(19(27)22-16)18-14(12-21)17(26)15(13-25)30-18/h7-10,14-15,17-18,25-26H,2-6,11,13H2,1H3,(H,22,23,27,28)/t14-,15+,17-,18+/m0/s1. The largest absolute Gasteiger partial charge is 0.445 e. The molecule has 1 aliphatic rings. The Labute approximate surface area is 174 Å². The smallest absolute Gasteiger partial charge is 0.413 e. The van der Waals surface area contributed by atoms with Crippen molar-refractivity contribution in [1.29, 1.82) is 5.26 Å². The van der Waals surface area contributed by atoms with Crippen LogP contribution in [0.1, 0.15) is 45.3 Å². The Morgan fingerprint density at radius 3 is 2.90 bits per heavy atom. The molecule has 1 aliphatic heterocycles. The van der Waals surface area contributed by atoms with Crippen LogP contribution in [0, 0.1) is 17.2 Å². The van der Waals surface area contributed by atoms with E-state index < -0.39 is 42.7 Å². The maximum absolute atomic E-state index is 12.3. The fraction of sp³-hybridized carbons (Fsp3) is 0.600. The van der Waals surface area contributed by atoms with Crippen molar-refractivity contribution in [2.45, 2.75) is 57.5 Å². The van der Waals surface area contributed by atoms with E-state index in [9.17, 15) is 25.1 Å². The molecule has 10 heteroatoms. The molecule has 0 aromatic carbocycles. The fourth-order valence-corrected chi connectivity index (χ4v) is 3.09. The highest BCUT2D eigenvalue weighted by molar-refractivity contribution is 5.83. The number of aromatic nitrogens is 2. The van der Waals surface area contributed by atoms with Gasteiger partial charge in [-0.2, -0.15) is 10.2 Å². The number of ether oxygens (including phenoxy) is 2. The first-order chi connectivity index (χ1) is 14.5. The van der Waals surface area contributed by atoms with Gasteiger partial charge in [0.25, 0.3) is 0 Å². The Hall–Kier alpha value is -2.74. The highest BCUT2D eigenvalue weighted by Gasteiger charge is 2.45. The summed E-state index contributed by atoms with van der Waals surface area (Å²) in [5, 5.41) is 30.8. The predicted octanol–water partition coefficient (Wildman–Crippen LogP) is 1.71. The van der Waals surface area contributed by atoms with Crippen molar-refractivity contribution in [2.24, 2.45) is 5.92 Å². The zero-order valence-corrected chi connectivity index (χ0v) is 16.9. The number of rotatable bonds is 10. The maximum atomic E-state index is 12.3. The number of anilines is 1. The number of nitriles is 1. The van der Waals surface area contributed by atoms with Crippen molar-refractivity contribution in [2.75, 3.05) is 18.5 Å². The second-order valence-electron chi connectivity index (χ2n) is 6.94. The van der Waals surface area contributed by atoms with E-state index in [1.54, 1.807) is 6.08 Å². The van der Waals surface area contributed by atoms with Crippen LogP contribution in [0.3, 0.4) is 0 Å². The summed E-state index contributed by atoms with van der Waals surface area (Å²) in [6.07, 6.45) is 6.58. The molecular formula is C20H28N4O6. The van der Waals surface area contributed by atoms with Crippen molar-refractivity contribution in [3.8, 4) is 6.07 Å². The molecule has 0 radical (unpaired) electrons. The van der Waals surface area contributed by atoms with Gasteiger partial charge >= 0.3 is 11.8 Å². The molecule has 2 heterocycles. The van der Waals surface area contributed by atoms with Crippen LogP contribution < -0.4 is 11.0 Å². The third-order valence-electron chi connectivity index (χ3n) is 4.74. The number of carbonyl (C=O) groups excluding carboxylic acids is 1. The number of hydrogen-bond acceptors (Lipinski definition) is 8. The molecule has 0 saturated carbocycles. The lowest BCUT2D eigenvalue weighted by Gasteiger charge is -2.16. The van der Waals surface area contributed by atoms with Crippen molar-refractivity contribution >= 4 is 11.9 Å². The first-order valence-electron chi connectivity index (χ1n) is 10.0. The van der Waals surface area contributed by atoms with Crippen LogP contribution in [-0.4, -0.2) is 51.3 Å². The topological polar surface area (TPSA) is 147 Å². The number of unbranched alkanes of at least 4 members (excludes halogenated alkanes) is 4. The van der Waals surface area contributed by atoms with Gasteiger partial charge in [0.05, 0.1) is 12.7 Å². The average Bonchev–Trinajstić information content (AvgIpc) is 3.05. The minimum Gasteiger partial charge on any atom is -0.445 e.